The van der Waals surface area contributed by atoms with Gasteiger partial charge in [-0.2, -0.15) is 13.2 Å². The van der Waals surface area contributed by atoms with Crippen molar-refractivity contribution in [2.45, 2.75) is 32.0 Å². The van der Waals surface area contributed by atoms with Crippen LogP contribution in [0.15, 0.2) is 36.4 Å². The van der Waals surface area contributed by atoms with Crippen LogP contribution < -0.4 is 5.73 Å². The van der Waals surface area contributed by atoms with E-state index in [4.69, 9.17) is 5.73 Å². The minimum absolute atomic E-state index is 0.00648. The highest BCUT2D eigenvalue weighted by molar-refractivity contribution is 5.87. The summed E-state index contributed by atoms with van der Waals surface area (Å²) in [6.07, 6.45) is -4.44. The first kappa shape index (κ1) is 13.9. The molecule has 102 valence electrons. The zero-order chi connectivity index (χ0) is 14.2. The molecule has 1 atom stereocenters. The zero-order valence-corrected chi connectivity index (χ0v) is 10.8. The van der Waals surface area contributed by atoms with Crippen LogP contribution in [0.2, 0.25) is 0 Å². The van der Waals surface area contributed by atoms with Crippen LogP contribution in [0, 0.1) is 0 Å². The summed E-state index contributed by atoms with van der Waals surface area (Å²) in [5, 5.41) is 1.36. The molecule has 19 heavy (non-hydrogen) atoms. The molecule has 0 unspecified atom stereocenters. The Kier molecular flexibility index (Phi) is 3.54. The van der Waals surface area contributed by atoms with Crippen molar-refractivity contribution in [2.75, 3.05) is 0 Å². The van der Waals surface area contributed by atoms with Crippen LogP contribution in [-0.4, -0.2) is 6.18 Å². The maximum Gasteiger partial charge on any atom is 0.407 e. The highest BCUT2D eigenvalue weighted by Gasteiger charge is 2.40. The molecule has 0 aliphatic heterocycles. The van der Waals surface area contributed by atoms with Crippen molar-refractivity contribution >= 4 is 10.8 Å². The fourth-order valence-corrected chi connectivity index (χ4v) is 2.33. The Hall–Kier alpha value is -1.55. The summed E-state index contributed by atoms with van der Waals surface area (Å²) in [5.41, 5.74) is 6.30. The van der Waals surface area contributed by atoms with Crippen molar-refractivity contribution in [1.29, 1.82) is 0 Å². The Morgan fingerprint density at radius 3 is 2.21 bits per heavy atom. The van der Waals surface area contributed by atoms with Crippen molar-refractivity contribution in [3.8, 4) is 0 Å². The average molecular weight is 267 g/mol. The molecule has 1 nitrogen and oxygen atoms in total. The van der Waals surface area contributed by atoms with E-state index in [2.05, 4.69) is 0 Å². The van der Waals surface area contributed by atoms with Gasteiger partial charge in [0.2, 0.25) is 0 Å². The van der Waals surface area contributed by atoms with Crippen LogP contribution in [0.5, 0.6) is 0 Å². The minimum Gasteiger partial charge on any atom is -0.316 e. The van der Waals surface area contributed by atoms with Gasteiger partial charge in [-0.15, -0.1) is 0 Å². The minimum atomic E-state index is -4.44. The summed E-state index contributed by atoms with van der Waals surface area (Å²) in [4.78, 5) is 0. The van der Waals surface area contributed by atoms with Crippen molar-refractivity contribution in [2.24, 2.45) is 5.73 Å². The molecule has 2 N–H and O–H groups in total. The molecule has 0 saturated carbocycles. The Bertz CT molecular complexity index is 587. The molecule has 0 aliphatic rings. The van der Waals surface area contributed by atoms with Gasteiger partial charge in [-0.3, -0.25) is 0 Å². The summed E-state index contributed by atoms with van der Waals surface area (Å²) in [6, 6.07) is 8.68. The third-order valence-corrected chi connectivity index (χ3v) is 3.29. The van der Waals surface area contributed by atoms with Crippen LogP contribution in [0.4, 0.5) is 13.2 Å². The third kappa shape index (κ3) is 2.59. The molecule has 0 aromatic heterocycles. The zero-order valence-electron chi connectivity index (χ0n) is 10.8. The Labute approximate surface area is 110 Å². The smallest absolute Gasteiger partial charge is 0.316 e. The Balaban J connectivity index is 2.76. The lowest BCUT2D eigenvalue weighted by Gasteiger charge is -2.23. The van der Waals surface area contributed by atoms with Gasteiger partial charge in [-0.05, 0) is 27.8 Å². The van der Waals surface area contributed by atoms with Gasteiger partial charge in [0.15, 0.2) is 0 Å². The van der Waals surface area contributed by atoms with Crippen molar-refractivity contribution < 1.29 is 13.2 Å². The van der Waals surface area contributed by atoms with Gasteiger partial charge >= 0.3 is 6.18 Å². The summed E-state index contributed by atoms with van der Waals surface area (Å²) in [6.45, 7) is 3.74. The molecule has 0 heterocycles. The van der Waals surface area contributed by atoms with Gasteiger partial charge in [-0.1, -0.05) is 50.2 Å². The molecule has 0 saturated heterocycles. The molecule has 0 spiro atoms. The number of rotatable bonds is 2. The summed E-state index contributed by atoms with van der Waals surface area (Å²) in [7, 11) is 0. The second kappa shape index (κ2) is 4.85. The van der Waals surface area contributed by atoms with E-state index in [9.17, 15) is 13.2 Å². The van der Waals surface area contributed by atoms with E-state index in [0.29, 0.717) is 10.9 Å². The molecule has 2 aromatic carbocycles. The lowest BCUT2D eigenvalue weighted by atomic mass is 9.88. The largest absolute Gasteiger partial charge is 0.407 e. The van der Waals surface area contributed by atoms with E-state index in [1.807, 2.05) is 19.9 Å². The summed E-state index contributed by atoms with van der Waals surface area (Å²) >= 11 is 0. The summed E-state index contributed by atoms with van der Waals surface area (Å²) in [5.74, 6) is -0.00648. The van der Waals surface area contributed by atoms with Crippen molar-refractivity contribution in [3.05, 3.63) is 47.5 Å². The molecule has 0 radical (unpaired) electrons. The van der Waals surface area contributed by atoms with Gasteiger partial charge < -0.3 is 5.73 Å². The third-order valence-electron chi connectivity index (χ3n) is 3.29. The predicted molar refractivity (Wildman–Crippen MR) is 71.0 cm³/mol. The molecule has 0 amide bonds. The first-order chi connectivity index (χ1) is 8.82. The van der Waals surface area contributed by atoms with Crippen LogP contribution in [-0.2, 0) is 0 Å². The van der Waals surface area contributed by atoms with E-state index in [-0.39, 0.29) is 11.5 Å². The number of alkyl halides is 3. The SMILES string of the molecule is CC(C)c1ccc2ccccc2c1[C@H](N)C(F)(F)F. The predicted octanol–water partition coefficient (Wildman–Crippen LogP) is 4.53. The van der Waals surface area contributed by atoms with Gasteiger partial charge in [0.25, 0.3) is 0 Å². The highest BCUT2D eigenvalue weighted by Crippen LogP contribution is 2.38. The highest BCUT2D eigenvalue weighted by atomic mass is 19.4. The first-order valence-electron chi connectivity index (χ1n) is 6.16. The number of fused-ring (bicyclic) bond motifs is 1. The van der Waals surface area contributed by atoms with E-state index >= 15 is 0 Å². The number of hydrogen-bond acceptors (Lipinski definition) is 1. The lowest BCUT2D eigenvalue weighted by Crippen LogP contribution is -2.29. The maximum absolute atomic E-state index is 13.0. The van der Waals surface area contributed by atoms with Crippen LogP contribution in [0.25, 0.3) is 10.8 Å². The summed E-state index contributed by atoms with van der Waals surface area (Å²) < 4.78 is 38.9. The molecule has 0 fully saturated rings. The van der Waals surface area contributed by atoms with Gasteiger partial charge in [-0.25, -0.2) is 0 Å². The van der Waals surface area contributed by atoms with Crippen LogP contribution in [0.1, 0.15) is 36.9 Å². The average Bonchev–Trinajstić information content (AvgIpc) is 2.35. The van der Waals surface area contributed by atoms with E-state index in [1.165, 1.54) is 0 Å². The second-order valence-electron chi connectivity index (χ2n) is 4.96. The standard InChI is InChI=1S/C15H16F3N/c1-9(2)11-8-7-10-5-3-4-6-12(10)13(11)14(19)15(16,17)18/h3-9,14H,19H2,1-2H3/t14-/m0/s1. The number of nitrogens with two attached hydrogens (primary N) is 1. The van der Waals surface area contributed by atoms with Crippen molar-refractivity contribution in [3.63, 3.8) is 0 Å². The number of hydrogen-bond donors (Lipinski definition) is 1. The van der Waals surface area contributed by atoms with Gasteiger partial charge in [0.05, 0.1) is 0 Å². The maximum atomic E-state index is 13.0. The number of halogens is 3. The van der Waals surface area contributed by atoms with E-state index in [1.54, 1.807) is 30.3 Å². The Morgan fingerprint density at radius 1 is 1.00 bits per heavy atom. The normalized spacial score (nSPS) is 14.1. The second-order valence-corrected chi connectivity index (χ2v) is 4.96. The molecule has 0 aliphatic carbocycles. The fourth-order valence-electron chi connectivity index (χ4n) is 2.33. The van der Waals surface area contributed by atoms with E-state index < -0.39 is 12.2 Å². The Morgan fingerprint density at radius 2 is 1.63 bits per heavy atom. The molecule has 0 bridgehead atoms. The molecular formula is C15H16F3N. The quantitative estimate of drug-likeness (QED) is 0.850. The van der Waals surface area contributed by atoms with Crippen LogP contribution >= 0.6 is 0 Å². The molecule has 2 aromatic rings. The lowest BCUT2D eigenvalue weighted by molar-refractivity contribution is -0.149. The van der Waals surface area contributed by atoms with Crippen molar-refractivity contribution in [1.82, 2.24) is 0 Å². The first-order valence-corrected chi connectivity index (χ1v) is 6.16. The molecule has 4 heteroatoms. The van der Waals surface area contributed by atoms with Gasteiger partial charge in [0, 0.05) is 0 Å². The van der Waals surface area contributed by atoms with E-state index in [0.717, 1.165) is 5.39 Å². The topological polar surface area (TPSA) is 26.0 Å². The monoisotopic (exact) mass is 267 g/mol. The number of benzene rings is 2. The van der Waals surface area contributed by atoms with Gasteiger partial charge in [0.1, 0.15) is 6.04 Å². The fraction of sp³-hybridized carbons (Fsp3) is 0.333. The van der Waals surface area contributed by atoms with Crippen LogP contribution in [0.3, 0.4) is 0 Å². The molecular weight excluding hydrogens is 251 g/mol. The molecule has 2 rings (SSSR count).